The van der Waals surface area contributed by atoms with Crippen LogP contribution < -0.4 is 14.8 Å². The second kappa shape index (κ2) is 8.55. The maximum atomic E-state index is 12.6. The Balaban J connectivity index is 1.78. The summed E-state index contributed by atoms with van der Waals surface area (Å²) >= 11 is 6.07. The largest absolute Gasteiger partial charge is 0.495 e. The van der Waals surface area contributed by atoms with Crippen molar-refractivity contribution < 1.29 is 17.9 Å². The molecule has 0 radical (unpaired) electrons. The molecule has 0 bridgehead atoms. The van der Waals surface area contributed by atoms with Gasteiger partial charge in [0.05, 0.1) is 17.7 Å². The minimum Gasteiger partial charge on any atom is -0.495 e. The minimum atomic E-state index is -3.84. The smallest absolute Gasteiger partial charge is 0.262 e. The van der Waals surface area contributed by atoms with E-state index in [0.717, 1.165) is 5.56 Å². The van der Waals surface area contributed by atoms with E-state index in [9.17, 15) is 13.2 Å². The fourth-order valence-electron chi connectivity index (χ4n) is 2.66. The molecule has 150 valence electrons. The van der Waals surface area contributed by atoms with Crippen LogP contribution in [0.25, 0.3) is 0 Å². The third kappa shape index (κ3) is 4.70. The van der Waals surface area contributed by atoms with Crippen molar-refractivity contribution >= 4 is 38.9 Å². The Morgan fingerprint density at radius 1 is 0.931 bits per heavy atom. The lowest BCUT2D eigenvalue weighted by Gasteiger charge is -2.12. The zero-order chi connectivity index (χ0) is 21.0. The number of amides is 1. The average molecular weight is 431 g/mol. The highest BCUT2D eigenvalue weighted by Crippen LogP contribution is 2.27. The van der Waals surface area contributed by atoms with Crippen LogP contribution in [-0.4, -0.2) is 21.4 Å². The number of sulfonamides is 1. The molecule has 0 heterocycles. The molecule has 0 aliphatic rings. The highest BCUT2D eigenvalue weighted by Gasteiger charge is 2.17. The monoisotopic (exact) mass is 430 g/mol. The van der Waals surface area contributed by atoms with Gasteiger partial charge < -0.3 is 10.1 Å². The summed E-state index contributed by atoms with van der Waals surface area (Å²) < 4.78 is 32.9. The van der Waals surface area contributed by atoms with Crippen molar-refractivity contribution in [2.45, 2.75) is 11.8 Å². The number of benzene rings is 3. The number of carbonyl (C=O) groups excluding carboxylic acids is 1. The van der Waals surface area contributed by atoms with Gasteiger partial charge in [-0.25, -0.2) is 8.42 Å². The van der Waals surface area contributed by atoms with Crippen LogP contribution in [0.5, 0.6) is 5.75 Å². The molecule has 3 aromatic carbocycles. The standard InChI is InChI=1S/C21H19ClN2O4S/c1-14-17(22)6-5-8-18(14)23-21(25)15-10-12-16(13-11-15)29(26,27)24-19-7-3-4-9-20(19)28-2/h3-13,24H,1-2H3,(H,23,25). The maximum absolute atomic E-state index is 12.6. The van der Waals surface area contributed by atoms with Gasteiger partial charge in [-0.3, -0.25) is 9.52 Å². The Bertz CT molecular complexity index is 1150. The fraction of sp³-hybridized carbons (Fsp3) is 0.0952. The van der Waals surface area contributed by atoms with E-state index in [0.29, 0.717) is 27.7 Å². The lowest BCUT2D eigenvalue weighted by atomic mass is 10.1. The summed E-state index contributed by atoms with van der Waals surface area (Å²) in [6.07, 6.45) is 0. The Kier molecular flexibility index (Phi) is 6.10. The molecule has 29 heavy (non-hydrogen) atoms. The summed E-state index contributed by atoms with van der Waals surface area (Å²) in [7, 11) is -2.38. The molecule has 0 saturated carbocycles. The van der Waals surface area contributed by atoms with Crippen molar-refractivity contribution in [2.75, 3.05) is 17.1 Å². The van der Waals surface area contributed by atoms with E-state index in [4.69, 9.17) is 16.3 Å². The zero-order valence-electron chi connectivity index (χ0n) is 15.8. The summed E-state index contributed by atoms with van der Waals surface area (Å²) in [4.78, 5) is 12.5. The number of hydrogen-bond acceptors (Lipinski definition) is 4. The van der Waals surface area contributed by atoms with E-state index < -0.39 is 10.0 Å². The van der Waals surface area contributed by atoms with Gasteiger partial charge in [0.25, 0.3) is 15.9 Å². The van der Waals surface area contributed by atoms with Crippen LogP contribution in [0.15, 0.2) is 71.6 Å². The molecular weight excluding hydrogens is 412 g/mol. The summed E-state index contributed by atoms with van der Waals surface area (Å²) in [5, 5.41) is 3.32. The molecule has 0 aliphatic heterocycles. The van der Waals surface area contributed by atoms with Gasteiger partial charge in [0.1, 0.15) is 5.75 Å². The molecule has 3 rings (SSSR count). The second-order valence-corrected chi connectivity index (χ2v) is 8.29. The van der Waals surface area contributed by atoms with Crippen molar-refractivity contribution in [3.05, 3.63) is 82.9 Å². The van der Waals surface area contributed by atoms with Gasteiger partial charge in [-0.05, 0) is 61.0 Å². The lowest BCUT2D eigenvalue weighted by molar-refractivity contribution is 0.102. The van der Waals surface area contributed by atoms with Gasteiger partial charge in [-0.1, -0.05) is 29.8 Å². The lowest BCUT2D eigenvalue weighted by Crippen LogP contribution is -2.15. The van der Waals surface area contributed by atoms with Crippen molar-refractivity contribution in [1.82, 2.24) is 0 Å². The van der Waals surface area contributed by atoms with Gasteiger partial charge in [0, 0.05) is 16.3 Å². The van der Waals surface area contributed by atoms with Crippen LogP contribution in [0, 0.1) is 6.92 Å². The zero-order valence-corrected chi connectivity index (χ0v) is 17.3. The molecule has 0 aliphatic carbocycles. The summed E-state index contributed by atoms with van der Waals surface area (Å²) in [5.74, 6) is 0.0426. The third-order valence-electron chi connectivity index (χ3n) is 4.29. The third-order valence-corrected chi connectivity index (χ3v) is 6.08. The van der Waals surface area contributed by atoms with Crippen LogP contribution >= 0.6 is 11.6 Å². The van der Waals surface area contributed by atoms with Gasteiger partial charge in [0.2, 0.25) is 0 Å². The van der Waals surface area contributed by atoms with E-state index in [1.165, 1.54) is 31.4 Å². The van der Waals surface area contributed by atoms with Gasteiger partial charge in [0.15, 0.2) is 0 Å². The topological polar surface area (TPSA) is 84.5 Å². The number of nitrogens with one attached hydrogen (secondary N) is 2. The van der Waals surface area contributed by atoms with Crippen molar-refractivity contribution in [3.63, 3.8) is 0 Å². The van der Waals surface area contributed by atoms with Gasteiger partial charge in [-0.2, -0.15) is 0 Å². The van der Waals surface area contributed by atoms with Crippen molar-refractivity contribution in [2.24, 2.45) is 0 Å². The number of carbonyl (C=O) groups is 1. The van der Waals surface area contributed by atoms with Crippen molar-refractivity contribution in [3.8, 4) is 5.75 Å². The molecule has 0 aromatic heterocycles. The Morgan fingerprint density at radius 2 is 1.59 bits per heavy atom. The van der Waals surface area contributed by atoms with E-state index >= 15 is 0 Å². The van der Waals surface area contributed by atoms with Gasteiger partial charge >= 0.3 is 0 Å². The molecule has 0 atom stereocenters. The van der Waals surface area contributed by atoms with E-state index in [2.05, 4.69) is 10.0 Å². The molecule has 8 heteroatoms. The van der Waals surface area contributed by atoms with Crippen LogP contribution in [0.2, 0.25) is 5.02 Å². The number of ether oxygens (including phenoxy) is 1. The second-order valence-electron chi connectivity index (χ2n) is 6.20. The Labute approximate surface area is 174 Å². The first-order valence-corrected chi connectivity index (χ1v) is 10.5. The number of methoxy groups -OCH3 is 1. The molecular formula is C21H19ClN2O4S. The number of hydrogen-bond donors (Lipinski definition) is 2. The molecule has 0 spiro atoms. The molecule has 0 fully saturated rings. The normalized spacial score (nSPS) is 11.0. The van der Waals surface area contributed by atoms with Gasteiger partial charge in [-0.15, -0.1) is 0 Å². The number of anilines is 2. The molecule has 3 aromatic rings. The van der Waals surface area contributed by atoms with Crippen molar-refractivity contribution in [1.29, 1.82) is 0 Å². The summed E-state index contributed by atoms with van der Waals surface area (Å²) in [6.45, 7) is 1.80. The minimum absolute atomic E-state index is 0.0268. The fourth-order valence-corrected chi connectivity index (χ4v) is 3.90. The maximum Gasteiger partial charge on any atom is 0.262 e. The average Bonchev–Trinajstić information content (AvgIpc) is 2.71. The van der Waals surface area contributed by atoms with E-state index in [1.54, 1.807) is 49.4 Å². The number of halogens is 1. The predicted octanol–water partition coefficient (Wildman–Crippen LogP) is 4.71. The summed E-state index contributed by atoms with van der Waals surface area (Å²) in [5.41, 5.74) is 1.99. The Hall–Kier alpha value is -3.03. The molecule has 1 amide bonds. The first-order chi connectivity index (χ1) is 13.8. The molecule has 0 saturated heterocycles. The highest BCUT2D eigenvalue weighted by atomic mass is 35.5. The Morgan fingerprint density at radius 3 is 2.28 bits per heavy atom. The number of para-hydroxylation sites is 2. The summed E-state index contributed by atoms with van der Waals surface area (Å²) in [6, 6.07) is 17.6. The quantitative estimate of drug-likeness (QED) is 0.593. The first kappa shape index (κ1) is 20.7. The molecule has 0 unspecified atom stereocenters. The first-order valence-electron chi connectivity index (χ1n) is 8.64. The molecule has 6 nitrogen and oxygen atoms in total. The van der Waals surface area contributed by atoms with E-state index in [-0.39, 0.29) is 10.8 Å². The van der Waals surface area contributed by atoms with Crippen LogP contribution in [0.4, 0.5) is 11.4 Å². The highest BCUT2D eigenvalue weighted by molar-refractivity contribution is 7.92. The van der Waals surface area contributed by atoms with Crippen LogP contribution in [0.1, 0.15) is 15.9 Å². The van der Waals surface area contributed by atoms with E-state index in [1.807, 2.05) is 0 Å². The SMILES string of the molecule is COc1ccccc1NS(=O)(=O)c1ccc(C(=O)Nc2cccc(Cl)c2C)cc1. The number of rotatable bonds is 6. The van der Waals surface area contributed by atoms with Crippen LogP contribution in [0.3, 0.4) is 0 Å². The van der Waals surface area contributed by atoms with Crippen LogP contribution in [-0.2, 0) is 10.0 Å². The predicted molar refractivity (Wildman–Crippen MR) is 114 cm³/mol. The molecule has 2 N–H and O–H groups in total.